The first-order valence-electron chi connectivity index (χ1n) is 5.93. The molecule has 0 unspecified atom stereocenters. The summed E-state index contributed by atoms with van der Waals surface area (Å²) in [5.41, 5.74) is 2.13. The first-order valence-corrected chi connectivity index (χ1v) is 5.93. The highest BCUT2D eigenvalue weighted by Gasteiger charge is 2.19. The smallest absolute Gasteiger partial charge is 0.338 e. The SMILES string of the molecule is COC(=O)c1ccccc1C(=O)c1ccccc1C. The fraction of sp³-hybridized carbons (Fsp3) is 0.125. The van der Waals surface area contributed by atoms with E-state index < -0.39 is 5.97 Å². The van der Waals surface area contributed by atoms with Crippen molar-refractivity contribution < 1.29 is 14.3 Å². The number of ketones is 1. The number of methoxy groups -OCH3 is 1. The van der Waals surface area contributed by atoms with E-state index >= 15 is 0 Å². The highest BCUT2D eigenvalue weighted by molar-refractivity contribution is 6.15. The Bertz CT molecular complexity index is 629. The molecular formula is C16H14O3. The molecule has 0 heterocycles. The van der Waals surface area contributed by atoms with Gasteiger partial charge in [0.2, 0.25) is 0 Å². The maximum Gasteiger partial charge on any atom is 0.338 e. The summed E-state index contributed by atoms with van der Waals surface area (Å²) in [5.74, 6) is -0.670. The lowest BCUT2D eigenvalue weighted by Gasteiger charge is -2.08. The van der Waals surface area contributed by atoms with Crippen LogP contribution in [0.3, 0.4) is 0 Å². The Morgan fingerprint density at radius 3 is 1.95 bits per heavy atom. The Morgan fingerprint density at radius 2 is 1.37 bits per heavy atom. The number of esters is 1. The van der Waals surface area contributed by atoms with Crippen LogP contribution in [-0.2, 0) is 4.74 Å². The van der Waals surface area contributed by atoms with Crippen LogP contribution in [0, 0.1) is 6.92 Å². The maximum atomic E-state index is 12.5. The molecule has 19 heavy (non-hydrogen) atoms. The third-order valence-electron chi connectivity index (χ3n) is 2.97. The van der Waals surface area contributed by atoms with Crippen LogP contribution in [-0.4, -0.2) is 18.9 Å². The lowest BCUT2D eigenvalue weighted by molar-refractivity contribution is 0.0597. The van der Waals surface area contributed by atoms with E-state index in [4.69, 9.17) is 4.74 Å². The van der Waals surface area contributed by atoms with Crippen LogP contribution in [0.15, 0.2) is 48.5 Å². The summed E-state index contributed by atoms with van der Waals surface area (Å²) < 4.78 is 4.70. The van der Waals surface area contributed by atoms with Gasteiger partial charge in [0.15, 0.2) is 5.78 Å². The summed E-state index contributed by atoms with van der Waals surface area (Å²) >= 11 is 0. The lowest BCUT2D eigenvalue weighted by Crippen LogP contribution is -2.12. The first kappa shape index (κ1) is 13.0. The molecule has 0 saturated heterocycles. The predicted molar refractivity (Wildman–Crippen MR) is 72.4 cm³/mol. The van der Waals surface area contributed by atoms with Gasteiger partial charge in [0.05, 0.1) is 12.7 Å². The molecule has 0 N–H and O–H groups in total. The Kier molecular flexibility index (Phi) is 3.76. The summed E-state index contributed by atoms with van der Waals surface area (Å²) in [6.07, 6.45) is 0. The molecule has 0 bridgehead atoms. The topological polar surface area (TPSA) is 43.4 Å². The van der Waals surface area contributed by atoms with Crippen LogP contribution < -0.4 is 0 Å². The third kappa shape index (κ3) is 2.55. The zero-order valence-electron chi connectivity index (χ0n) is 10.8. The Morgan fingerprint density at radius 1 is 0.842 bits per heavy atom. The van der Waals surface area contributed by atoms with E-state index in [9.17, 15) is 9.59 Å². The minimum absolute atomic E-state index is 0.167. The van der Waals surface area contributed by atoms with E-state index in [1.165, 1.54) is 7.11 Å². The van der Waals surface area contributed by atoms with Crippen molar-refractivity contribution in [3.05, 3.63) is 70.8 Å². The fourth-order valence-electron chi connectivity index (χ4n) is 1.94. The van der Waals surface area contributed by atoms with Gasteiger partial charge >= 0.3 is 5.97 Å². The summed E-state index contributed by atoms with van der Waals surface area (Å²) in [4.78, 5) is 24.2. The molecule has 0 radical (unpaired) electrons. The van der Waals surface area contributed by atoms with Gasteiger partial charge in [-0.25, -0.2) is 4.79 Å². The molecule has 3 nitrogen and oxygen atoms in total. The molecule has 2 aromatic carbocycles. The molecule has 0 aromatic heterocycles. The summed E-state index contributed by atoms with van der Waals surface area (Å²) in [6, 6.07) is 14.0. The van der Waals surface area contributed by atoms with E-state index in [2.05, 4.69) is 0 Å². The number of benzene rings is 2. The monoisotopic (exact) mass is 254 g/mol. The zero-order valence-corrected chi connectivity index (χ0v) is 10.8. The fourth-order valence-corrected chi connectivity index (χ4v) is 1.94. The summed E-state index contributed by atoms with van der Waals surface area (Å²) in [5, 5.41) is 0. The van der Waals surface area contributed by atoms with Crippen molar-refractivity contribution in [1.29, 1.82) is 0 Å². The molecule has 2 aromatic rings. The molecule has 96 valence electrons. The quantitative estimate of drug-likeness (QED) is 0.624. The van der Waals surface area contributed by atoms with Gasteiger partial charge in [0.1, 0.15) is 0 Å². The molecule has 0 aliphatic rings. The molecule has 2 rings (SSSR count). The van der Waals surface area contributed by atoms with Crippen LogP contribution >= 0.6 is 0 Å². The van der Waals surface area contributed by atoms with Crippen molar-refractivity contribution in [3.63, 3.8) is 0 Å². The van der Waals surface area contributed by atoms with Gasteiger partial charge in [-0.15, -0.1) is 0 Å². The predicted octanol–water partition coefficient (Wildman–Crippen LogP) is 3.01. The summed E-state index contributed by atoms with van der Waals surface area (Å²) in [6.45, 7) is 1.87. The third-order valence-corrected chi connectivity index (χ3v) is 2.97. The van der Waals surface area contributed by atoms with Gasteiger partial charge in [-0.2, -0.15) is 0 Å². The van der Waals surface area contributed by atoms with Crippen LogP contribution in [0.25, 0.3) is 0 Å². The summed E-state index contributed by atoms with van der Waals surface area (Å²) in [7, 11) is 1.30. The van der Waals surface area contributed by atoms with E-state index in [1.807, 2.05) is 19.1 Å². The van der Waals surface area contributed by atoms with Gasteiger partial charge in [0.25, 0.3) is 0 Å². The Labute approximate surface area is 111 Å². The van der Waals surface area contributed by atoms with Crippen molar-refractivity contribution in [2.75, 3.05) is 7.11 Å². The molecular weight excluding hydrogens is 240 g/mol. The van der Waals surface area contributed by atoms with E-state index in [0.29, 0.717) is 16.7 Å². The van der Waals surface area contributed by atoms with Gasteiger partial charge in [-0.05, 0) is 18.6 Å². The van der Waals surface area contributed by atoms with Crippen LogP contribution in [0.1, 0.15) is 31.8 Å². The van der Waals surface area contributed by atoms with E-state index in [1.54, 1.807) is 36.4 Å². The Hall–Kier alpha value is -2.42. The molecule has 0 fully saturated rings. The highest BCUT2D eigenvalue weighted by atomic mass is 16.5. The largest absolute Gasteiger partial charge is 0.465 e. The van der Waals surface area contributed by atoms with Gasteiger partial charge < -0.3 is 4.74 Å². The van der Waals surface area contributed by atoms with Crippen LogP contribution in [0.2, 0.25) is 0 Å². The van der Waals surface area contributed by atoms with E-state index in [0.717, 1.165) is 5.56 Å². The van der Waals surface area contributed by atoms with Crippen LogP contribution in [0.5, 0.6) is 0 Å². The second kappa shape index (κ2) is 5.48. The Balaban J connectivity index is 2.51. The van der Waals surface area contributed by atoms with Crippen molar-refractivity contribution in [2.45, 2.75) is 6.92 Å². The lowest BCUT2D eigenvalue weighted by atomic mass is 9.95. The minimum atomic E-state index is -0.502. The average Bonchev–Trinajstić information content (AvgIpc) is 2.46. The zero-order chi connectivity index (χ0) is 13.8. The van der Waals surface area contributed by atoms with Crippen molar-refractivity contribution in [2.24, 2.45) is 0 Å². The molecule has 0 amide bonds. The molecule has 0 aliphatic carbocycles. The standard InChI is InChI=1S/C16H14O3/c1-11-7-3-4-8-12(11)15(17)13-9-5-6-10-14(13)16(18)19-2/h3-10H,1-2H3. The highest BCUT2D eigenvalue weighted by Crippen LogP contribution is 2.17. The molecule has 0 saturated carbocycles. The van der Waals surface area contributed by atoms with Gasteiger partial charge in [0, 0.05) is 11.1 Å². The number of hydrogen-bond acceptors (Lipinski definition) is 3. The van der Waals surface area contributed by atoms with Crippen molar-refractivity contribution in [3.8, 4) is 0 Å². The molecule has 3 heteroatoms. The number of carbonyl (C=O) groups excluding carboxylic acids is 2. The van der Waals surface area contributed by atoms with Crippen molar-refractivity contribution >= 4 is 11.8 Å². The van der Waals surface area contributed by atoms with E-state index in [-0.39, 0.29) is 5.78 Å². The van der Waals surface area contributed by atoms with Gasteiger partial charge in [-0.1, -0.05) is 42.5 Å². The van der Waals surface area contributed by atoms with Crippen LogP contribution in [0.4, 0.5) is 0 Å². The number of hydrogen-bond donors (Lipinski definition) is 0. The molecule has 0 spiro atoms. The number of ether oxygens (including phenoxy) is 1. The molecule has 0 aliphatic heterocycles. The number of aryl methyl sites for hydroxylation is 1. The number of carbonyl (C=O) groups is 2. The first-order chi connectivity index (χ1) is 9.15. The second-order valence-electron chi connectivity index (χ2n) is 4.18. The molecule has 0 atom stereocenters. The second-order valence-corrected chi connectivity index (χ2v) is 4.18. The average molecular weight is 254 g/mol. The minimum Gasteiger partial charge on any atom is -0.465 e. The normalized spacial score (nSPS) is 10.0. The van der Waals surface area contributed by atoms with Gasteiger partial charge in [-0.3, -0.25) is 4.79 Å². The maximum absolute atomic E-state index is 12.5. The van der Waals surface area contributed by atoms with Crippen molar-refractivity contribution in [1.82, 2.24) is 0 Å². The number of rotatable bonds is 3.